The lowest BCUT2D eigenvalue weighted by molar-refractivity contribution is -0.162. The third-order valence-electron chi connectivity index (χ3n) is 3.42. The number of aliphatic hydroxyl groups is 1. The predicted molar refractivity (Wildman–Crippen MR) is 73.4 cm³/mol. The topological polar surface area (TPSA) is 51.6 Å². The van der Waals surface area contributed by atoms with E-state index in [1.165, 1.54) is 0 Å². The molecule has 2 rings (SSSR count). The Hall–Kier alpha value is -1.13. The number of aryl methyl sites for hydroxylation is 2. The first-order valence-electron chi connectivity index (χ1n) is 7.08. The Morgan fingerprint density at radius 1 is 1.37 bits per heavy atom. The molecule has 3 atom stereocenters. The van der Waals surface area contributed by atoms with Crippen molar-refractivity contribution in [3.05, 3.63) is 23.5 Å². The minimum Gasteiger partial charge on any atom is -0.486 e. The zero-order chi connectivity index (χ0) is 13.8. The van der Waals surface area contributed by atoms with Crippen LogP contribution in [-0.4, -0.2) is 35.0 Å². The quantitative estimate of drug-likeness (QED) is 0.857. The van der Waals surface area contributed by atoms with Crippen LogP contribution in [0.25, 0.3) is 0 Å². The average Bonchev–Trinajstić information content (AvgIpc) is 2.40. The Kier molecular flexibility index (Phi) is 4.77. The van der Waals surface area contributed by atoms with E-state index >= 15 is 0 Å². The number of hydrogen-bond donors (Lipinski definition) is 1. The second kappa shape index (κ2) is 6.35. The molecule has 0 aliphatic heterocycles. The number of hydrogen-bond acceptors (Lipinski definition) is 4. The van der Waals surface area contributed by atoms with Gasteiger partial charge in [-0.25, -0.2) is 0 Å². The molecule has 4 heteroatoms. The van der Waals surface area contributed by atoms with Gasteiger partial charge in [-0.05, 0) is 31.9 Å². The van der Waals surface area contributed by atoms with Crippen molar-refractivity contribution in [1.82, 2.24) is 4.98 Å². The number of aliphatic hydroxyl groups excluding tert-OH is 1. The third-order valence-corrected chi connectivity index (χ3v) is 3.42. The summed E-state index contributed by atoms with van der Waals surface area (Å²) in [6, 6.07) is 3.91. The summed E-state index contributed by atoms with van der Waals surface area (Å²) in [5.41, 5.74) is 1.97. The van der Waals surface area contributed by atoms with Crippen molar-refractivity contribution >= 4 is 0 Å². The summed E-state index contributed by atoms with van der Waals surface area (Å²) >= 11 is 0. The van der Waals surface area contributed by atoms with Crippen molar-refractivity contribution in [2.24, 2.45) is 0 Å². The molecule has 1 aliphatic rings. The molecular weight excluding hydrogens is 242 g/mol. The summed E-state index contributed by atoms with van der Waals surface area (Å²) in [4.78, 5) is 4.48. The minimum absolute atomic E-state index is 0.0589. The summed E-state index contributed by atoms with van der Waals surface area (Å²) in [5.74, 6) is 0.815. The molecule has 1 aromatic heterocycles. The normalized spacial score (nSPS) is 26.0. The Bertz CT molecular complexity index is 422. The van der Waals surface area contributed by atoms with Crippen LogP contribution >= 0.6 is 0 Å². The van der Waals surface area contributed by atoms with E-state index in [-0.39, 0.29) is 12.2 Å². The maximum absolute atomic E-state index is 9.73. The van der Waals surface area contributed by atoms with Crippen LogP contribution in [0.1, 0.15) is 38.1 Å². The number of rotatable bonds is 6. The van der Waals surface area contributed by atoms with E-state index < -0.39 is 6.10 Å². The SMILES string of the molecule is CCCOC1C(O)CC1Oc1ccc(C)nc1CC. The fourth-order valence-electron chi connectivity index (χ4n) is 2.27. The molecule has 1 fully saturated rings. The monoisotopic (exact) mass is 265 g/mol. The molecule has 19 heavy (non-hydrogen) atoms. The van der Waals surface area contributed by atoms with Crippen molar-refractivity contribution in [3.8, 4) is 5.75 Å². The van der Waals surface area contributed by atoms with Gasteiger partial charge in [0.2, 0.25) is 0 Å². The van der Waals surface area contributed by atoms with E-state index in [4.69, 9.17) is 9.47 Å². The van der Waals surface area contributed by atoms with Crippen LogP contribution in [0.2, 0.25) is 0 Å². The van der Waals surface area contributed by atoms with Crippen molar-refractivity contribution < 1.29 is 14.6 Å². The summed E-state index contributed by atoms with van der Waals surface area (Å²) in [5, 5.41) is 9.73. The van der Waals surface area contributed by atoms with Gasteiger partial charge in [0.1, 0.15) is 18.0 Å². The highest BCUT2D eigenvalue weighted by Crippen LogP contribution is 2.30. The van der Waals surface area contributed by atoms with Crippen molar-refractivity contribution in [2.45, 2.75) is 58.3 Å². The third kappa shape index (κ3) is 3.25. The molecule has 0 saturated heterocycles. The first kappa shape index (κ1) is 14.3. The van der Waals surface area contributed by atoms with Gasteiger partial charge >= 0.3 is 0 Å². The van der Waals surface area contributed by atoms with Crippen LogP contribution in [0, 0.1) is 6.92 Å². The van der Waals surface area contributed by atoms with E-state index in [2.05, 4.69) is 18.8 Å². The lowest BCUT2D eigenvalue weighted by Crippen LogP contribution is -2.55. The van der Waals surface area contributed by atoms with Crippen molar-refractivity contribution in [2.75, 3.05) is 6.61 Å². The summed E-state index contributed by atoms with van der Waals surface area (Å²) in [6.07, 6.45) is 1.75. The lowest BCUT2D eigenvalue weighted by atomic mass is 9.88. The van der Waals surface area contributed by atoms with Crippen LogP contribution in [0.3, 0.4) is 0 Å². The lowest BCUT2D eigenvalue weighted by Gasteiger charge is -2.41. The van der Waals surface area contributed by atoms with Crippen LogP contribution in [-0.2, 0) is 11.2 Å². The number of ether oxygens (including phenoxy) is 2. The summed E-state index contributed by atoms with van der Waals surface area (Å²) < 4.78 is 11.6. The summed E-state index contributed by atoms with van der Waals surface area (Å²) in [6.45, 7) is 6.76. The van der Waals surface area contributed by atoms with Gasteiger partial charge in [0, 0.05) is 18.7 Å². The highest BCUT2D eigenvalue weighted by Gasteiger charge is 2.43. The van der Waals surface area contributed by atoms with E-state index in [9.17, 15) is 5.11 Å². The smallest absolute Gasteiger partial charge is 0.141 e. The molecule has 4 nitrogen and oxygen atoms in total. The number of nitrogens with zero attached hydrogens (tertiary/aromatic N) is 1. The van der Waals surface area contributed by atoms with E-state index in [0.717, 1.165) is 30.0 Å². The largest absolute Gasteiger partial charge is 0.486 e. The molecule has 0 bridgehead atoms. The second-order valence-electron chi connectivity index (χ2n) is 5.05. The fraction of sp³-hybridized carbons (Fsp3) is 0.667. The number of aromatic nitrogens is 1. The Balaban J connectivity index is 2.01. The molecule has 1 aliphatic carbocycles. The zero-order valence-electron chi connectivity index (χ0n) is 11.9. The molecule has 1 heterocycles. The molecule has 3 unspecified atom stereocenters. The van der Waals surface area contributed by atoms with Crippen molar-refractivity contribution in [1.29, 1.82) is 0 Å². The Morgan fingerprint density at radius 3 is 2.79 bits per heavy atom. The molecular formula is C15H23NO3. The predicted octanol–water partition coefficient (Wildman–Crippen LogP) is 2.26. The van der Waals surface area contributed by atoms with Gasteiger partial charge in [-0.15, -0.1) is 0 Å². The molecule has 0 spiro atoms. The highest BCUT2D eigenvalue weighted by molar-refractivity contribution is 5.30. The van der Waals surface area contributed by atoms with Gasteiger partial charge in [-0.1, -0.05) is 13.8 Å². The zero-order valence-corrected chi connectivity index (χ0v) is 11.9. The average molecular weight is 265 g/mol. The maximum Gasteiger partial charge on any atom is 0.141 e. The molecule has 1 saturated carbocycles. The molecule has 0 aromatic carbocycles. The van der Waals surface area contributed by atoms with Gasteiger partial charge in [0.15, 0.2) is 0 Å². The molecule has 106 valence electrons. The van der Waals surface area contributed by atoms with Gasteiger partial charge < -0.3 is 14.6 Å². The standard InChI is InChI=1S/C15H23NO3/c1-4-8-18-15-12(17)9-14(15)19-13-7-6-10(3)16-11(13)5-2/h6-7,12,14-15,17H,4-5,8-9H2,1-3H3. The van der Waals surface area contributed by atoms with Crippen molar-refractivity contribution in [3.63, 3.8) is 0 Å². The van der Waals surface area contributed by atoms with Gasteiger partial charge in [-0.3, -0.25) is 4.98 Å². The molecule has 0 amide bonds. The van der Waals surface area contributed by atoms with Gasteiger partial charge in [0.25, 0.3) is 0 Å². The van der Waals surface area contributed by atoms with Crippen LogP contribution in [0.4, 0.5) is 0 Å². The molecule has 1 N–H and O–H groups in total. The Morgan fingerprint density at radius 2 is 2.16 bits per heavy atom. The van der Waals surface area contributed by atoms with Gasteiger partial charge in [0.05, 0.1) is 11.8 Å². The first-order chi connectivity index (χ1) is 9.15. The summed E-state index contributed by atoms with van der Waals surface area (Å²) in [7, 11) is 0. The second-order valence-corrected chi connectivity index (χ2v) is 5.05. The maximum atomic E-state index is 9.73. The first-order valence-corrected chi connectivity index (χ1v) is 7.08. The van der Waals surface area contributed by atoms with E-state index in [1.807, 2.05) is 19.1 Å². The van der Waals surface area contributed by atoms with E-state index in [1.54, 1.807) is 0 Å². The van der Waals surface area contributed by atoms with E-state index in [0.29, 0.717) is 13.0 Å². The molecule has 0 radical (unpaired) electrons. The Labute approximate surface area is 114 Å². The number of pyridine rings is 1. The minimum atomic E-state index is -0.403. The van der Waals surface area contributed by atoms with Crippen LogP contribution in [0.5, 0.6) is 5.75 Å². The van der Waals surface area contributed by atoms with Gasteiger partial charge in [-0.2, -0.15) is 0 Å². The fourth-order valence-corrected chi connectivity index (χ4v) is 2.27. The van der Waals surface area contributed by atoms with Crippen LogP contribution in [0.15, 0.2) is 12.1 Å². The van der Waals surface area contributed by atoms with Crippen LogP contribution < -0.4 is 4.74 Å². The highest BCUT2D eigenvalue weighted by atomic mass is 16.6. The molecule has 1 aromatic rings.